The van der Waals surface area contributed by atoms with Crippen LogP contribution in [-0.2, 0) is 4.79 Å². The molecule has 2 saturated carbocycles. The number of carbonyl (C=O) groups excluding carboxylic acids is 1. The highest BCUT2D eigenvalue weighted by Crippen LogP contribution is 2.49. The molecule has 4 unspecified atom stereocenters. The number of carbonyl (C=O) groups is 1. The van der Waals surface area contributed by atoms with Gasteiger partial charge in [-0.1, -0.05) is 13.3 Å². The highest BCUT2D eigenvalue weighted by atomic mass is 19.3. The highest BCUT2D eigenvalue weighted by molar-refractivity contribution is 5.78. The van der Waals surface area contributed by atoms with Gasteiger partial charge in [0, 0.05) is 6.04 Å². The molecule has 0 aromatic heterocycles. The van der Waals surface area contributed by atoms with E-state index >= 15 is 0 Å². The summed E-state index contributed by atoms with van der Waals surface area (Å²) in [5.41, 5.74) is 0. The van der Waals surface area contributed by atoms with Crippen LogP contribution < -0.4 is 5.32 Å². The van der Waals surface area contributed by atoms with Gasteiger partial charge >= 0.3 is 0 Å². The molecular formula is C16H28F2N2O. The molecule has 4 atom stereocenters. The van der Waals surface area contributed by atoms with Crippen molar-refractivity contribution in [3.05, 3.63) is 0 Å². The minimum Gasteiger partial charge on any atom is -0.352 e. The van der Waals surface area contributed by atoms with E-state index in [4.69, 9.17) is 0 Å². The number of amides is 1. The third kappa shape index (κ3) is 4.63. The average molecular weight is 302 g/mol. The monoisotopic (exact) mass is 302 g/mol. The molecular weight excluding hydrogens is 274 g/mol. The van der Waals surface area contributed by atoms with Crippen molar-refractivity contribution in [3.8, 4) is 0 Å². The molecule has 1 amide bonds. The summed E-state index contributed by atoms with van der Waals surface area (Å²) in [6.07, 6.45) is 3.58. The van der Waals surface area contributed by atoms with Crippen LogP contribution in [0.1, 0.15) is 46.0 Å². The Labute approximate surface area is 126 Å². The molecule has 2 aliphatic carbocycles. The number of nitrogens with zero attached hydrogens (tertiary/aromatic N) is 1. The second-order valence-electron chi connectivity index (χ2n) is 6.82. The fourth-order valence-corrected chi connectivity index (χ4v) is 4.26. The van der Waals surface area contributed by atoms with E-state index in [1.54, 1.807) is 4.90 Å². The summed E-state index contributed by atoms with van der Waals surface area (Å²) in [5.74, 6) is 2.09. The maximum absolute atomic E-state index is 12.5. The lowest BCUT2D eigenvalue weighted by atomic mass is 9.84. The van der Waals surface area contributed by atoms with Crippen LogP contribution in [0.15, 0.2) is 0 Å². The number of fused-ring (bicyclic) bond motifs is 2. The minimum absolute atomic E-state index is 0.0866. The Morgan fingerprint density at radius 1 is 1.33 bits per heavy atom. The van der Waals surface area contributed by atoms with Crippen LogP contribution in [-0.4, -0.2) is 42.9 Å². The third-order valence-corrected chi connectivity index (χ3v) is 5.13. The lowest BCUT2D eigenvalue weighted by Crippen LogP contribution is -2.46. The molecule has 122 valence electrons. The van der Waals surface area contributed by atoms with Crippen molar-refractivity contribution in [3.63, 3.8) is 0 Å². The number of rotatable bonds is 8. The maximum atomic E-state index is 12.5. The van der Waals surface area contributed by atoms with E-state index < -0.39 is 6.43 Å². The zero-order chi connectivity index (χ0) is 15.4. The molecule has 3 nitrogen and oxygen atoms in total. The number of alkyl halides is 2. The Morgan fingerprint density at radius 2 is 2.10 bits per heavy atom. The first-order chi connectivity index (χ1) is 9.99. The van der Waals surface area contributed by atoms with E-state index in [0.717, 1.165) is 18.3 Å². The maximum Gasteiger partial charge on any atom is 0.251 e. The molecule has 0 saturated heterocycles. The topological polar surface area (TPSA) is 32.3 Å². The smallest absolute Gasteiger partial charge is 0.251 e. The lowest BCUT2D eigenvalue weighted by Gasteiger charge is -2.29. The largest absolute Gasteiger partial charge is 0.352 e. The number of nitrogens with one attached hydrogen (secondary N) is 1. The van der Waals surface area contributed by atoms with Gasteiger partial charge in [0.1, 0.15) is 0 Å². The lowest BCUT2D eigenvalue weighted by molar-refractivity contribution is -0.123. The number of hydrogen-bond donors (Lipinski definition) is 1. The first kappa shape index (κ1) is 16.7. The van der Waals surface area contributed by atoms with Crippen molar-refractivity contribution in [1.29, 1.82) is 0 Å². The zero-order valence-electron chi connectivity index (χ0n) is 13.2. The Morgan fingerprint density at radius 3 is 2.62 bits per heavy atom. The summed E-state index contributed by atoms with van der Waals surface area (Å²) in [5, 5.41) is 3.04. The predicted molar refractivity (Wildman–Crippen MR) is 79.3 cm³/mol. The Kier molecular flexibility index (Phi) is 5.97. The average Bonchev–Trinajstić information content (AvgIpc) is 3.00. The van der Waals surface area contributed by atoms with Crippen molar-refractivity contribution in [2.75, 3.05) is 19.6 Å². The van der Waals surface area contributed by atoms with Crippen LogP contribution in [0.2, 0.25) is 0 Å². The molecule has 5 heteroatoms. The van der Waals surface area contributed by atoms with E-state index in [2.05, 4.69) is 12.2 Å². The van der Waals surface area contributed by atoms with Gasteiger partial charge in [-0.3, -0.25) is 9.69 Å². The van der Waals surface area contributed by atoms with Crippen LogP contribution in [0, 0.1) is 17.8 Å². The van der Waals surface area contributed by atoms with Crippen molar-refractivity contribution in [1.82, 2.24) is 10.2 Å². The summed E-state index contributed by atoms with van der Waals surface area (Å²) in [4.78, 5) is 13.6. The number of hydrogen-bond acceptors (Lipinski definition) is 2. The molecule has 0 aromatic rings. The van der Waals surface area contributed by atoms with Gasteiger partial charge in [0.15, 0.2) is 0 Å². The van der Waals surface area contributed by atoms with Gasteiger partial charge in [-0.2, -0.15) is 0 Å². The number of halogens is 2. The van der Waals surface area contributed by atoms with Gasteiger partial charge in [0.25, 0.3) is 6.43 Å². The molecule has 0 aliphatic heterocycles. The van der Waals surface area contributed by atoms with E-state index in [0.29, 0.717) is 12.5 Å². The molecule has 0 heterocycles. The molecule has 0 aromatic carbocycles. The summed E-state index contributed by atoms with van der Waals surface area (Å²) >= 11 is 0. The fourth-order valence-electron chi connectivity index (χ4n) is 4.26. The van der Waals surface area contributed by atoms with E-state index in [-0.39, 0.29) is 25.0 Å². The van der Waals surface area contributed by atoms with Crippen molar-refractivity contribution >= 4 is 5.91 Å². The first-order valence-corrected chi connectivity index (χ1v) is 8.29. The summed E-state index contributed by atoms with van der Waals surface area (Å²) in [7, 11) is 0. The Balaban J connectivity index is 1.77. The van der Waals surface area contributed by atoms with Crippen molar-refractivity contribution in [2.45, 2.75) is 58.4 Å². The second kappa shape index (κ2) is 7.52. The molecule has 2 rings (SSSR count). The minimum atomic E-state index is -2.38. The van der Waals surface area contributed by atoms with Gasteiger partial charge in [-0.15, -0.1) is 0 Å². The van der Waals surface area contributed by atoms with Crippen LogP contribution in [0.25, 0.3) is 0 Å². The highest BCUT2D eigenvalue weighted by Gasteiger charge is 2.42. The summed E-state index contributed by atoms with van der Waals surface area (Å²) < 4.78 is 25.0. The van der Waals surface area contributed by atoms with E-state index in [9.17, 15) is 13.6 Å². The standard InChI is InChI=1S/C16H28F2N2O/c1-3-6-20(9-15(17)18)10-16(21)19-11(2)14-8-12-4-5-13(14)7-12/h11-15H,3-10H2,1-2H3,(H,19,21). The first-order valence-electron chi connectivity index (χ1n) is 8.29. The third-order valence-electron chi connectivity index (χ3n) is 5.13. The SMILES string of the molecule is CCCN(CC(=O)NC(C)C1CC2CCC1C2)CC(F)F. The van der Waals surface area contributed by atoms with Crippen LogP contribution in [0.5, 0.6) is 0 Å². The zero-order valence-corrected chi connectivity index (χ0v) is 13.2. The summed E-state index contributed by atoms with van der Waals surface area (Å²) in [6.45, 7) is 4.32. The predicted octanol–water partition coefficient (Wildman–Crippen LogP) is 2.90. The molecule has 1 N–H and O–H groups in total. The Hall–Kier alpha value is -0.710. The quantitative estimate of drug-likeness (QED) is 0.748. The van der Waals surface area contributed by atoms with Crippen molar-refractivity contribution in [2.24, 2.45) is 17.8 Å². The van der Waals surface area contributed by atoms with Gasteiger partial charge < -0.3 is 5.32 Å². The Bertz CT molecular complexity index is 351. The van der Waals surface area contributed by atoms with E-state index in [1.165, 1.54) is 25.7 Å². The van der Waals surface area contributed by atoms with Crippen molar-refractivity contribution < 1.29 is 13.6 Å². The van der Waals surface area contributed by atoms with Crippen LogP contribution in [0.3, 0.4) is 0 Å². The van der Waals surface area contributed by atoms with Gasteiger partial charge in [-0.05, 0) is 56.9 Å². The molecule has 21 heavy (non-hydrogen) atoms. The fraction of sp³-hybridized carbons (Fsp3) is 0.938. The molecule has 2 bridgehead atoms. The van der Waals surface area contributed by atoms with Crippen LogP contribution in [0.4, 0.5) is 8.78 Å². The normalized spacial score (nSPS) is 29.3. The van der Waals surface area contributed by atoms with Gasteiger partial charge in [0.2, 0.25) is 5.91 Å². The van der Waals surface area contributed by atoms with E-state index in [1.807, 2.05) is 6.92 Å². The second-order valence-corrected chi connectivity index (χ2v) is 6.82. The van der Waals surface area contributed by atoms with Crippen LogP contribution >= 0.6 is 0 Å². The molecule has 0 radical (unpaired) electrons. The summed E-state index contributed by atoms with van der Waals surface area (Å²) in [6, 6.07) is 0.169. The van der Waals surface area contributed by atoms with Gasteiger partial charge in [0.05, 0.1) is 13.1 Å². The van der Waals surface area contributed by atoms with Gasteiger partial charge in [-0.25, -0.2) is 8.78 Å². The molecule has 2 fully saturated rings. The molecule has 0 spiro atoms. The molecule has 2 aliphatic rings.